The molecule has 0 aliphatic carbocycles. The smallest absolute Gasteiger partial charge is 0.326 e. The van der Waals surface area contributed by atoms with Gasteiger partial charge in [-0.2, -0.15) is 13.4 Å². The van der Waals surface area contributed by atoms with Gasteiger partial charge in [0.05, 0.1) is 11.3 Å². The summed E-state index contributed by atoms with van der Waals surface area (Å²) in [6.45, 7) is 1.13. The zero-order chi connectivity index (χ0) is 24.2. The van der Waals surface area contributed by atoms with Crippen molar-refractivity contribution in [1.29, 1.82) is 0 Å². The number of carboxylic acid groups (broad SMARTS) is 1. The van der Waals surface area contributed by atoms with E-state index in [2.05, 4.69) is 25.9 Å². The van der Waals surface area contributed by atoms with Gasteiger partial charge in [-0.25, -0.2) is 4.79 Å². The van der Waals surface area contributed by atoms with E-state index >= 15 is 0 Å². The Hall–Kier alpha value is -3.65. The topological polar surface area (TPSA) is 217 Å². The van der Waals surface area contributed by atoms with E-state index in [0.717, 1.165) is 0 Å². The van der Waals surface area contributed by atoms with Gasteiger partial charge in [-0.05, 0) is 43.0 Å². The van der Waals surface area contributed by atoms with Gasteiger partial charge in [0, 0.05) is 24.3 Å². The van der Waals surface area contributed by atoms with Gasteiger partial charge in [-0.1, -0.05) is 0 Å². The Morgan fingerprint density at radius 3 is 2.61 bits per heavy atom. The minimum Gasteiger partial charge on any atom is -0.480 e. The number of benzene rings is 1. The lowest BCUT2D eigenvalue weighted by atomic mass is 9.96. The summed E-state index contributed by atoms with van der Waals surface area (Å²) >= 11 is 0. The maximum absolute atomic E-state index is 12.3. The monoisotopic (exact) mass is 480 g/mol. The first kappa shape index (κ1) is 24.0. The summed E-state index contributed by atoms with van der Waals surface area (Å²) in [7, 11) is -4.35. The molecule has 2 heterocycles. The molecule has 13 nitrogen and oxygen atoms in total. The van der Waals surface area contributed by atoms with Crippen LogP contribution in [0.5, 0.6) is 0 Å². The normalized spacial score (nSPS) is 16.2. The number of nitrogens with zero attached hydrogens (tertiary/aromatic N) is 1. The summed E-state index contributed by atoms with van der Waals surface area (Å²) in [5.41, 5.74) is 6.70. The molecule has 1 aromatic carbocycles. The van der Waals surface area contributed by atoms with Gasteiger partial charge in [-0.3, -0.25) is 19.1 Å². The summed E-state index contributed by atoms with van der Waals surface area (Å²) in [5, 5.41) is 17.7. The fraction of sp³-hybridized carbons (Fsp3) is 0.368. The van der Waals surface area contributed by atoms with Crippen molar-refractivity contribution in [3.8, 4) is 0 Å². The Balaban J connectivity index is 1.55. The second-order valence-electron chi connectivity index (χ2n) is 7.63. The third-order valence-corrected chi connectivity index (χ3v) is 5.85. The highest BCUT2D eigenvalue weighted by atomic mass is 32.2. The van der Waals surface area contributed by atoms with Crippen molar-refractivity contribution < 1.29 is 27.7 Å². The minimum absolute atomic E-state index is 0.0556. The van der Waals surface area contributed by atoms with Crippen LogP contribution in [0.4, 0.5) is 17.5 Å². The Morgan fingerprint density at radius 1 is 1.27 bits per heavy atom. The summed E-state index contributed by atoms with van der Waals surface area (Å²) in [4.78, 5) is 42.2. The van der Waals surface area contributed by atoms with Crippen LogP contribution in [-0.4, -0.2) is 64.8 Å². The van der Waals surface area contributed by atoms with Crippen LogP contribution in [-0.2, 0) is 21.3 Å². The maximum atomic E-state index is 12.3. The summed E-state index contributed by atoms with van der Waals surface area (Å²) in [6.07, 6.45) is 0.0433. The Kier molecular flexibility index (Phi) is 7.18. The molecule has 0 radical (unpaired) electrons. The Bertz CT molecular complexity index is 1200. The van der Waals surface area contributed by atoms with E-state index in [4.69, 9.17) is 15.4 Å². The number of H-pyrrole nitrogens is 1. The number of anilines is 3. The number of amides is 1. The number of hydrogen-bond acceptors (Lipinski definition) is 9. The fourth-order valence-electron chi connectivity index (χ4n) is 3.36. The van der Waals surface area contributed by atoms with Crippen molar-refractivity contribution in [2.45, 2.75) is 18.9 Å². The maximum Gasteiger partial charge on any atom is 0.326 e. The van der Waals surface area contributed by atoms with Crippen molar-refractivity contribution >= 4 is 39.4 Å². The molecule has 3 rings (SSSR count). The van der Waals surface area contributed by atoms with E-state index in [-0.39, 0.29) is 23.0 Å². The highest BCUT2D eigenvalue weighted by molar-refractivity contribution is 7.85. The second-order valence-corrected chi connectivity index (χ2v) is 9.20. The fourth-order valence-corrected chi connectivity index (χ4v) is 3.90. The van der Waals surface area contributed by atoms with Crippen molar-refractivity contribution in [2.24, 2.45) is 5.92 Å². The molecule has 1 amide bonds. The zero-order valence-corrected chi connectivity index (χ0v) is 18.2. The quantitative estimate of drug-likeness (QED) is 0.227. The van der Waals surface area contributed by atoms with Crippen LogP contribution < -0.4 is 27.2 Å². The first-order valence-electron chi connectivity index (χ1n) is 9.97. The van der Waals surface area contributed by atoms with Crippen molar-refractivity contribution in [3.63, 3.8) is 0 Å². The van der Waals surface area contributed by atoms with E-state index in [1.54, 1.807) is 12.1 Å². The molecule has 2 aromatic rings. The van der Waals surface area contributed by atoms with Gasteiger partial charge < -0.3 is 26.8 Å². The molecule has 8 N–H and O–H groups in total. The minimum atomic E-state index is -4.35. The first-order valence-corrected chi connectivity index (χ1v) is 11.6. The number of hydrogen-bond donors (Lipinski definition) is 7. The average Bonchev–Trinajstić information content (AvgIpc) is 2.74. The Labute approximate surface area is 188 Å². The Morgan fingerprint density at radius 2 is 1.97 bits per heavy atom. The number of aromatic nitrogens is 2. The van der Waals surface area contributed by atoms with Gasteiger partial charge in [0.2, 0.25) is 5.95 Å². The lowest BCUT2D eigenvalue weighted by molar-refractivity contribution is -0.139. The SMILES string of the molecule is Nc1nc2c(c(=O)[nH]1)CC(CNc1ccc(C(=O)N[C@@H](CCS(=O)(=O)O)C(=O)O)cc1)CN2. The molecule has 2 atom stereocenters. The van der Waals surface area contributed by atoms with Crippen LogP contribution in [0.3, 0.4) is 0 Å². The zero-order valence-electron chi connectivity index (χ0n) is 17.4. The van der Waals surface area contributed by atoms with Crippen molar-refractivity contribution in [2.75, 3.05) is 35.2 Å². The molecular formula is C19H24N6O7S. The molecule has 0 bridgehead atoms. The lowest BCUT2D eigenvalue weighted by Gasteiger charge is -2.25. The van der Waals surface area contributed by atoms with Crippen LogP contribution >= 0.6 is 0 Å². The average molecular weight is 481 g/mol. The summed E-state index contributed by atoms with van der Waals surface area (Å²) < 4.78 is 30.4. The van der Waals surface area contributed by atoms with Gasteiger partial charge in [0.25, 0.3) is 21.6 Å². The first-order chi connectivity index (χ1) is 15.5. The standard InChI is InChI=1S/C19H24N6O7S/c20-19-24-15-13(17(27)25-19)7-10(9-22-15)8-21-12-3-1-11(2-4-12)16(26)23-14(18(28)29)5-6-33(30,31)32/h1-4,10,14,21H,5-9H2,(H,23,26)(H,28,29)(H,30,31,32)(H4,20,22,24,25,27)/t10?,14-/m0/s1. The molecular weight excluding hydrogens is 456 g/mol. The second kappa shape index (κ2) is 9.87. The van der Waals surface area contributed by atoms with Crippen molar-refractivity contribution in [1.82, 2.24) is 15.3 Å². The molecule has 1 aliphatic heterocycles. The number of carbonyl (C=O) groups excluding carboxylic acids is 1. The number of nitrogens with one attached hydrogen (secondary N) is 4. The van der Waals surface area contributed by atoms with E-state index in [0.29, 0.717) is 36.6 Å². The highest BCUT2D eigenvalue weighted by Crippen LogP contribution is 2.21. The van der Waals surface area contributed by atoms with Crippen LogP contribution in [0.15, 0.2) is 29.1 Å². The van der Waals surface area contributed by atoms with Crippen molar-refractivity contribution in [3.05, 3.63) is 45.7 Å². The van der Waals surface area contributed by atoms with Gasteiger partial charge in [0.1, 0.15) is 11.9 Å². The van der Waals surface area contributed by atoms with Crippen LogP contribution in [0.2, 0.25) is 0 Å². The van der Waals surface area contributed by atoms with Gasteiger partial charge in [-0.15, -0.1) is 0 Å². The summed E-state index contributed by atoms with van der Waals surface area (Å²) in [5.74, 6) is -2.25. The predicted molar refractivity (Wildman–Crippen MR) is 120 cm³/mol. The number of carboxylic acids is 1. The molecule has 1 aromatic heterocycles. The molecule has 0 fully saturated rings. The molecule has 1 unspecified atom stereocenters. The van der Waals surface area contributed by atoms with E-state index in [1.165, 1.54) is 12.1 Å². The number of carbonyl (C=O) groups is 2. The van der Waals surface area contributed by atoms with E-state index < -0.39 is 40.2 Å². The van der Waals surface area contributed by atoms with E-state index in [1.807, 2.05) is 0 Å². The third kappa shape index (κ3) is 6.66. The number of nitrogens with two attached hydrogens (primary N) is 1. The van der Waals surface area contributed by atoms with Crippen LogP contribution in [0.25, 0.3) is 0 Å². The summed E-state index contributed by atoms with van der Waals surface area (Å²) in [6, 6.07) is 4.80. The molecule has 178 valence electrons. The van der Waals surface area contributed by atoms with E-state index in [9.17, 15) is 22.8 Å². The lowest BCUT2D eigenvalue weighted by Crippen LogP contribution is -2.41. The predicted octanol–water partition coefficient (Wildman–Crippen LogP) is -0.491. The third-order valence-electron chi connectivity index (χ3n) is 5.09. The molecule has 0 spiro atoms. The number of nitrogen functional groups attached to an aromatic ring is 1. The van der Waals surface area contributed by atoms with Crippen LogP contribution in [0, 0.1) is 5.92 Å². The molecule has 0 saturated heterocycles. The molecule has 0 saturated carbocycles. The number of aliphatic carboxylic acids is 1. The largest absolute Gasteiger partial charge is 0.480 e. The molecule has 14 heteroatoms. The number of fused-ring (bicyclic) bond motifs is 1. The van der Waals surface area contributed by atoms with Crippen LogP contribution in [0.1, 0.15) is 22.3 Å². The number of rotatable bonds is 9. The molecule has 1 aliphatic rings. The van der Waals surface area contributed by atoms with Gasteiger partial charge >= 0.3 is 5.97 Å². The number of aromatic amines is 1. The highest BCUT2D eigenvalue weighted by Gasteiger charge is 2.24. The molecule has 33 heavy (non-hydrogen) atoms. The van der Waals surface area contributed by atoms with Gasteiger partial charge in [0.15, 0.2) is 0 Å².